The molecular formula is C24H25NO4. The van der Waals surface area contributed by atoms with Gasteiger partial charge in [0.2, 0.25) is 0 Å². The molecule has 1 heterocycles. The summed E-state index contributed by atoms with van der Waals surface area (Å²) >= 11 is 0. The van der Waals surface area contributed by atoms with Crippen LogP contribution in [-0.2, 0) is 12.8 Å². The average Bonchev–Trinajstić information content (AvgIpc) is 3.14. The van der Waals surface area contributed by atoms with Gasteiger partial charge < -0.3 is 14.0 Å². The van der Waals surface area contributed by atoms with Gasteiger partial charge in [-0.2, -0.15) is 0 Å². The number of hydrogen-bond acceptors (Lipinski definition) is 5. The van der Waals surface area contributed by atoms with Crippen molar-refractivity contribution in [3.8, 4) is 11.5 Å². The Morgan fingerprint density at radius 3 is 2.52 bits per heavy atom. The topological polar surface area (TPSA) is 61.6 Å². The van der Waals surface area contributed by atoms with Crippen LogP contribution in [0.15, 0.2) is 53.1 Å². The first-order valence-corrected chi connectivity index (χ1v) is 10.1. The van der Waals surface area contributed by atoms with Crippen molar-refractivity contribution in [2.24, 2.45) is 0 Å². The third kappa shape index (κ3) is 4.04. The maximum absolute atomic E-state index is 12.9. The molecule has 0 saturated carbocycles. The second-order valence-corrected chi connectivity index (χ2v) is 7.19. The lowest BCUT2D eigenvalue weighted by Crippen LogP contribution is -2.19. The number of Topliss-reactive ketones (excluding diaryl/α,β-unsaturated/α-hetero) is 1. The van der Waals surface area contributed by atoms with Crippen LogP contribution in [-0.4, -0.2) is 24.2 Å². The molecule has 0 N–H and O–H groups in total. The second-order valence-electron chi connectivity index (χ2n) is 7.19. The fourth-order valence-corrected chi connectivity index (χ4v) is 3.92. The summed E-state index contributed by atoms with van der Waals surface area (Å²) < 4.78 is 16.9. The first-order chi connectivity index (χ1) is 14.2. The summed E-state index contributed by atoms with van der Waals surface area (Å²) in [5.41, 5.74) is 3.59. The molecule has 1 aromatic heterocycles. The van der Waals surface area contributed by atoms with E-state index in [0.717, 1.165) is 23.4 Å². The predicted molar refractivity (Wildman–Crippen MR) is 110 cm³/mol. The third-order valence-corrected chi connectivity index (χ3v) is 5.23. The summed E-state index contributed by atoms with van der Waals surface area (Å²) in [7, 11) is 0. The number of aromatic nitrogens is 1. The molecule has 1 aliphatic carbocycles. The number of rotatable bonds is 7. The number of hydrogen-bond donors (Lipinski definition) is 0. The summed E-state index contributed by atoms with van der Waals surface area (Å²) in [6.07, 6.45) is 1.71. The van der Waals surface area contributed by atoms with E-state index in [1.807, 2.05) is 50.2 Å². The molecule has 4 rings (SSSR count). The van der Waals surface area contributed by atoms with Gasteiger partial charge in [0.1, 0.15) is 0 Å². The number of carbonyl (C=O) groups is 1. The molecule has 0 spiro atoms. The van der Waals surface area contributed by atoms with E-state index in [2.05, 4.69) is 17.3 Å². The number of carbonyl (C=O) groups excluding carboxylic acids is 1. The van der Waals surface area contributed by atoms with Gasteiger partial charge in [0, 0.05) is 19.3 Å². The molecule has 29 heavy (non-hydrogen) atoms. The SMILES string of the molecule is CCOc1ccc(Cc2onc3c2C(=O)CC(c2ccccc2)C3)cc1OCC. The van der Waals surface area contributed by atoms with Crippen molar-refractivity contribution < 1.29 is 18.8 Å². The van der Waals surface area contributed by atoms with Gasteiger partial charge in [0.05, 0.1) is 24.5 Å². The van der Waals surface area contributed by atoms with Gasteiger partial charge in [-0.25, -0.2) is 0 Å². The van der Waals surface area contributed by atoms with Crippen LogP contribution >= 0.6 is 0 Å². The number of benzene rings is 2. The van der Waals surface area contributed by atoms with Crippen molar-refractivity contribution in [1.82, 2.24) is 5.16 Å². The van der Waals surface area contributed by atoms with Gasteiger partial charge >= 0.3 is 0 Å². The Balaban J connectivity index is 1.57. The van der Waals surface area contributed by atoms with Crippen molar-refractivity contribution >= 4 is 5.78 Å². The third-order valence-electron chi connectivity index (χ3n) is 5.23. The summed E-state index contributed by atoms with van der Waals surface area (Å²) in [6, 6.07) is 16.0. The highest BCUT2D eigenvalue weighted by Crippen LogP contribution is 2.35. The van der Waals surface area contributed by atoms with E-state index in [0.29, 0.717) is 43.1 Å². The molecule has 1 aliphatic rings. The van der Waals surface area contributed by atoms with Gasteiger partial charge in [-0.1, -0.05) is 41.6 Å². The highest BCUT2D eigenvalue weighted by Gasteiger charge is 2.32. The molecule has 5 nitrogen and oxygen atoms in total. The van der Waals surface area contributed by atoms with Gasteiger partial charge in [-0.15, -0.1) is 0 Å². The molecular weight excluding hydrogens is 366 g/mol. The first kappa shape index (κ1) is 19.2. The van der Waals surface area contributed by atoms with Crippen LogP contribution in [0.25, 0.3) is 0 Å². The molecule has 0 amide bonds. The molecule has 2 aromatic carbocycles. The van der Waals surface area contributed by atoms with E-state index >= 15 is 0 Å². The quantitative estimate of drug-likeness (QED) is 0.569. The predicted octanol–water partition coefficient (Wildman–Crippen LogP) is 4.98. The van der Waals surface area contributed by atoms with Crippen molar-refractivity contribution in [2.45, 2.75) is 39.0 Å². The van der Waals surface area contributed by atoms with Gasteiger partial charge in [-0.3, -0.25) is 4.79 Å². The Labute approximate surface area is 170 Å². The lowest BCUT2D eigenvalue weighted by Gasteiger charge is -2.20. The number of nitrogens with zero attached hydrogens (tertiary/aromatic N) is 1. The second kappa shape index (κ2) is 8.52. The summed E-state index contributed by atoms with van der Waals surface area (Å²) in [6.45, 7) is 5.02. The number of ketones is 1. The standard InChI is InChI=1S/C24H25NO4/c1-3-27-21-11-10-16(12-22(21)28-4-2)13-23-24-19(25-29-23)14-18(15-20(24)26)17-8-6-5-7-9-17/h5-12,18H,3-4,13-15H2,1-2H3. The van der Waals surface area contributed by atoms with Crippen molar-refractivity contribution in [3.05, 3.63) is 76.7 Å². The fourth-order valence-electron chi connectivity index (χ4n) is 3.92. The molecule has 3 aromatic rings. The van der Waals surface area contributed by atoms with E-state index < -0.39 is 0 Å². The van der Waals surface area contributed by atoms with E-state index in [1.54, 1.807) is 0 Å². The maximum atomic E-state index is 12.9. The van der Waals surface area contributed by atoms with E-state index in [-0.39, 0.29) is 11.7 Å². The van der Waals surface area contributed by atoms with Crippen LogP contribution in [0.2, 0.25) is 0 Å². The van der Waals surface area contributed by atoms with Crippen LogP contribution in [0.4, 0.5) is 0 Å². The highest BCUT2D eigenvalue weighted by molar-refractivity contribution is 5.99. The zero-order chi connectivity index (χ0) is 20.2. The average molecular weight is 391 g/mol. The monoisotopic (exact) mass is 391 g/mol. The molecule has 5 heteroatoms. The summed E-state index contributed by atoms with van der Waals surface area (Å²) in [5, 5.41) is 4.23. The van der Waals surface area contributed by atoms with E-state index in [4.69, 9.17) is 14.0 Å². The number of fused-ring (bicyclic) bond motifs is 1. The molecule has 1 unspecified atom stereocenters. The highest BCUT2D eigenvalue weighted by atomic mass is 16.5. The minimum absolute atomic E-state index is 0.104. The van der Waals surface area contributed by atoms with Crippen LogP contribution in [0.3, 0.4) is 0 Å². The minimum atomic E-state index is 0.104. The van der Waals surface area contributed by atoms with Crippen LogP contribution < -0.4 is 9.47 Å². The molecule has 1 atom stereocenters. The lowest BCUT2D eigenvalue weighted by atomic mass is 9.81. The van der Waals surface area contributed by atoms with Crippen LogP contribution in [0.5, 0.6) is 11.5 Å². The molecule has 150 valence electrons. The van der Waals surface area contributed by atoms with Crippen LogP contribution in [0.1, 0.15) is 59.1 Å². The van der Waals surface area contributed by atoms with Gasteiger partial charge in [-0.05, 0) is 43.0 Å². The Hall–Kier alpha value is -3.08. The normalized spacial score (nSPS) is 15.8. The van der Waals surface area contributed by atoms with Gasteiger partial charge in [0.25, 0.3) is 0 Å². The summed E-state index contributed by atoms with van der Waals surface area (Å²) in [5.74, 6) is 2.31. The first-order valence-electron chi connectivity index (χ1n) is 10.1. The molecule has 0 radical (unpaired) electrons. The molecule has 0 fully saturated rings. The van der Waals surface area contributed by atoms with E-state index in [1.165, 1.54) is 5.56 Å². The number of ether oxygens (including phenoxy) is 2. The molecule has 0 bridgehead atoms. The lowest BCUT2D eigenvalue weighted by molar-refractivity contribution is 0.0963. The zero-order valence-electron chi connectivity index (χ0n) is 16.8. The van der Waals surface area contributed by atoms with E-state index in [9.17, 15) is 4.79 Å². The van der Waals surface area contributed by atoms with Crippen molar-refractivity contribution in [3.63, 3.8) is 0 Å². The summed E-state index contributed by atoms with van der Waals surface area (Å²) in [4.78, 5) is 12.9. The Morgan fingerprint density at radius 2 is 1.76 bits per heavy atom. The van der Waals surface area contributed by atoms with Crippen molar-refractivity contribution in [2.75, 3.05) is 13.2 Å². The Kier molecular flexibility index (Phi) is 5.65. The largest absolute Gasteiger partial charge is 0.490 e. The molecule has 0 saturated heterocycles. The van der Waals surface area contributed by atoms with Gasteiger partial charge in [0.15, 0.2) is 23.0 Å². The minimum Gasteiger partial charge on any atom is -0.490 e. The van der Waals surface area contributed by atoms with Crippen molar-refractivity contribution in [1.29, 1.82) is 0 Å². The Morgan fingerprint density at radius 1 is 1.00 bits per heavy atom. The molecule has 0 aliphatic heterocycles. The van der Waals surface area contributed by atoms with Crippen LogP contribution in [0, 0.1) is 0 Å². The smallest absolute Gasteiger partial charge is 0.168 e. The maximum Gasteiger partial charge on any atom is 0.168 e. The fraction of sp³-hybridized carbons (Fsp3) is 0.333. The Bertz CT molecular complexity index is 993. The zero-order valence-corrected chi connectivity index (χ0v) is 16.8.